The van der Waals surface area contributed by atoms with Crippen LogP contribution in [0.2, 0.25) is 0 Å². The van der Waals surface area contributed by atoms with Crippen molar-refractivity contribution in [2.24, 2.45) is 7.05 Å². The third kappa shape index (κ3) is 2.64. The predicted octanol–water partition coefficient (Wildman–Crippen LogP) is 1.23. The second-order valence-electron chi connectivity index (χ2n) is 4.25. The van der Waals surface area contributed by atoms with E-state index in [0.717, 1.165) is 6.07 Å². The van der Waals surface area contributed by atoms with Crippen molar-refractivity contribution >= 4 is 21.8 Å². The molecule has 2 heterocycles. The first kappa shape index (κ1) is 14.1. The number of anilines is 1. The lowest BCUT2D eigenvalue weighted by Crippen LogP contribution is -2.14. The summed E-state index contributed by atoms with van der Waals surface area (Å²) in [6.45, 7) is 1.72. The topological polar surface area (TPSA) is 101 Å². The molecule has 0 saturated heterocycles. The van der Waals surface area contributed by atoms with Crippen molar-refractivity contribution < 1.29 is 18.3 Å². The fraction of sp³-hybridized carbons (Fsp3) is 0.167. The summed E-state index contributed by atoms with van der Waals surface area (Å²) in [5.74, 6) is -0.976. The zero-order chi connectivity index (χ0) is 14.9. The van der Waals surface area contributed by atoms with Gasteiger partial charge in [0, 0.05) is 19.4 Å². The summed E-state index contributed by atoms with van der Waals surface area (Å²) in [6, 6.07) is 4.51. The van der Waals surface area contributed by atoms with E-state index in [4.69, 9.17) is 5.11 Å². The standard InChI is InChI=1S/C12H13N3O4S/c1-8-4-3-5-13-11(8)14-20(18,19)9-6-10(12(16)17)15(2)7-9/h3-7H,1-2H3,(H,13,14)(H,16,17). The molecule has 2 aromatic rings. The van der Waals surface area contributed by atoms with Crippen LogP contribution >= 0.6 is 0 Å². The summed E-state index contributed by atoms with van der Waals surface area (Å²) in [5, 5.41) is 8.93. The molecule has 0 aliphatic rings. The molecule has 0 bridgehead atoms. The Kier molecular flexibility index (Phi) is 3.49. The number of rotatable bonds is 4. The number of sulfonamides is 1. The Hall–Kier alpha value is -2.35. The number of carboxylic acid groups (broad SMARTS) is 1. The van der Waals surface area contributed by atoms with Crippen LogP contribution in [0, 0.1) is 6.92 Å². The average Bonchev–Trinajstić information content (AvgIpc) is 2.75. The zero-order valence-electron chi connectivity index (χ0n) is 10.9. The van der Waals surface area contributed by atoms with Crippen molar-refractivity contribution in [1.29, 1.82) is 0 Å². The normalized spacial score (nSPS) is 11.3. The smallest absolute Gasteiger partial charge is 0.352 e. The van der Waals surface area contributed by atoms with Gasteiger partial charge in [-0.15, -0.1) is 0 Å². The summed E-state index contributed by atoms with van der Waals surface area (Å²) in [7, 11) is -2.40. The van der Waals surface area contributed by atoms with E-state index < -0.39 is 16.0 Å². The van der Waals surface area contributed by atoms with Gasteiger partial charge in [-0.1, -0.05) is 6.07 Å². The van der Waals surface area contributed by atoms with Crippen molar-refractivity contribution in [3.63, 3.8) is 0 Å². The lowest BCUT2D eigenvalue weighted by molar-refractivity contribution is 0.0686. The first-order valence-electron chi connectivity index (χ1n) is 5.65. The van der Waals surface area contributed by atoms with Crippen LogP contribution < -0.4 is 4.72 Å². The molecule has 0 amide bonds. The highest BCUT2D eigenvalue weighted by molar-refractivity contribution is 7.92. The van der Waals surface area contributed by atoms with Crippen LogP contribution in [0.15, 0.2) is 35.5 Å². The van der Waals surface area contributed by atoms with Crippen LogP contribution in [0.25, 0.3) is 0 Å². The van der Waals surface area contributed by atoms with Gasteiger partial charge in [0.25, 0.3) is 10.0 Å². The molecule has 0 saturated carbocycles. The maximum Gasteiger partial charge on any atom is 0.352 e. The molecule has 0 radical (unpaired) electrons. The molecule has 0 fully saturated rings. The van der Waals surface area contributed by atoms with E-state index in [1.807, 2.05) is 0 Å². The van der Waals surface area contributed by atoms with Crippen molar-refractivity contribution in [2.75, 3.05) is 4.72 Å². The van der Waals surface area contributed by atoms with Gasteiger partial charge in [-0.2, -0.15) is 0 Å². The minimum atomic E-state index is -3.87. The van der Waals surface area contributed by atoms with Gasteiger partial charge in [-0.05, 0) is 24.6 Å². The number of nitrogens with one attached hydrogen (secondary N) is 1. The molecule has 0 aliphatic carbocycles. The highest BCUT2D eigenvalue weighted by Gasteiger charge is 2.21. The monoisotopic (exact) mass is 295 g/mol. The summed E-state index contributed by atoms with van der Waals surface area (Å²) in [5.41, 5.74) is 0.564. The van der Waals surface area contributed by atoms with Crippen molar-refractivity contribution in [2.45, 2.75) is 11.8 Å². The van der Waals surface area contributed by atoms with Gasteiger partial charge in [0.05, 0.1) is 0 Å². The van der Waals surface area contributed by atoms with Gasteiger partial charge in [0.2, 0.25) is 0 Å². The second kappa shape index (κ2) is 4.97. The number of pyridine rings is 1. The second-order valence-corrected chi connectivity index (χ2v) is 5.93. The minimum Gasteiger partial charge on any atom is -0.477 e. The van der Waals surface area contributed by atoms with E-state index in [1.165, 1.54) is 24.0 Å². The Balaban J connectivity index is 2.39. The van der Waals surface area contributed by atoms with Gasteiger partial charge in [-0.3, -0.25) is 4.72 Å². The molecule has 8 heteroatoms. The molecule has 106 valence electrons. The Morgan fingerprint density at radius 1 is 1.45 bits per heavy atom. The molecule has 7 nitrogen and oxygen atoms in total. The highest BCUT2D eigenvalue weighted by Crippen LogP contribution is 2.19. The number of nitrogens with zero attached hydrogens (tertiary/aromatic N) is 2. The lowest BCUT2D eigenvalue weighted by atomic mass is 10.3. The minimum absolute atomic E-state index is 0.108. The van der Waals surface area contributed by atoms with E-state index in [9.17, 15) is 13.2 Å². The van der Waals surface area contributed by atoms with Crippen LogP contribution in [0.4, 0.5) is 5.82 Å². The van der Waals surface area contributed by atoms with E-state index in [1.54, 1.807) is 19.1 Å². The molecular formula is C12H13N3O4S. The fourth-order valence-electron chi connectivity index (χ4n) is 1.67. The van der Waals surface area contributed by atoms with E-state index in [2.05, 4.69) is 9.71 Å². The van der Waals surface area contributed by atoms with Crippen molar-refractivity contribution in [3.05, 3.63) is 41.9 Å². The van der Waals surface area contributed by atoms with Crippen LogP contribution in [0.5, 0.6) is 0 Å². The van der Waals surface area contributed by atoms with Gasteiger partial charge in [0.15, 0.2) is 0 Å². The number of carboxylic acids is 1. The number of aromatic carboxylic acids is 1. The van der Waals surface area contributed by atoms with Gasteiger partial charge >= 0.3 is 5.97 Å². The molecule has 20 heavy (non-hydrogen) atoms. The summed E-state index contributed by atoms with van der Waals surface area (Å²) in [6.07, 6.45) is 2.71. The van der Waals surface area contributed by atoms with E-state index in [-0.39, 0.29) is 16.4 Å². The first-order valence-corrected chi connectivity index (χ1v) is 7.13. The van der Waals surface area contributed by atoms with Gasteiger partial charge in [-0.25, -0.2) is 18.2 Å². The number of aryl methyl sites for hydroxylation is 2. The molecule has 2 rings (SSSR count). The van der Waals surface area contributed by atoms with E-state index >= 15 is 0 Å². The molecule has 2 N–H and O–H groups in total. The highest BCUT2D eigenvalue weighted by atomic mass is 32.2. The molecule has 2 aromatic heterocycles. The predicted molar refractivity (Wildman–Crippen MR) is 72.2 cm³/mol. The molecule has 0 aromatic carbocycles. The molecule has 0 atom stereocenters. The van der Waals surface area contributed by atoms with Crippen LogP contribution in [0.3, 0.4) is 0 Å². The summed E-state index contributed by atoms with van der Waals surface area (Å²) < 4.78 is 27.9. The van der Waals surface area contributed by atoms with Crippen LogP contribution in [-0.4, -0.2) is 29.0 Å². The van der Waals surface area contributed by atoms with Gasteiger partial charge in [0.1, 0.15) is 16.4 Å². The number of aromatic nitrogens is 2. The maximum atomic E-state index is 12.2. The number of hydrogen-bond donors (Lipinski definition) is 2. The van der Waals surface area contributed by atoms with E-state index in [0.29, 0.717) is 5.56 Å². The summed E-state index contributed by atoms with van der Waals surface area (Å²) >= 11 is 0. The lowest BCUT2D eigenvalue weighted by Gasteiger charge is -2.07. The Morgan fingerprint density at radius 3 is 2.70 bits per heavy atom. The molecular weight excluding hydrogens is 282 g/mol. The first-order chi connectivity index (χ1) is 9.31. The van der Waals surface area contributed by atoms with Crippen molar-refractivity contribution in [3.8, 4) is 0 Å². The molecule has 0 spiro atoms. The molecule has 0 aliphatic heterocycles. The van der Waals surface area contributed by atoms with Crippen LogP contribution in [-0.2, 0) is 17.1 Å². The number of hydrogen-bond acceptors (Lipinski definition) is 4. The van der Waals surface area contributed by atoms with Crippen molar-refractivity contribution in [1.82, 2.24) is 9.55 Å². The third-order valence-electron chi connectivity index (χ3n) is 2.75. The largest absolute Gasteiger partial charge is 0.477 e. The average molecular weight is 295 g/mol. The maximum absolute atomic E-state index is 12.2. The summed E-state index contributed by atoms with van der Waals surface area (Å²) in [4.78, 5) is 14.7. The fourth-order valence-corrected chi connectivity index (χ4v) is 2.82. The Labute approximate surface area is 115 Å². The zero-order valence-corrected chi connectivity index (χ0v) is 11.7. The Bertz CT molecular complexity index is 765. The van der Waals surface area contributed by atoms with Gasteiger partial charge < -0.3 is 9.67 Å². The Morgan fingerprint density at radius 2 is 2.15 bits per heavy atom. The number of carbonyl (C=O) groups is 1. The third-order valence-corrected chi connectivity index (χ3v) is 4.06. The SMILES string of the molecule is Cc1cccnc1NS(=O)(=O)c1cc(C(=O)O)n(C)c1. The quantitative estimate of drug-likeness (QED) is 0.883. The molecule has 0 unspecified atom stereocenters. The van der Waals surface area contributed by atoms with Crippen LogP contribution in [0.1, 0.15) is 16.1 Å².